The van der Waals surface area contributed by atoms with Crippen LogP contribution in [0.3, 0.4) is 0 Å². The number of alkyl halides is 3. The first-order valence-corrected chi connectivity index (χ1v) is 15.7. The van der Waals surface area contributed by atoms with Crippen LogP contribution in [0.1, 0.15) is 5.56 Å². The van der Waals surface area contributed by atoms with Crippen LogP contribution in [-0.2, 0) is 31.3 Å². The quantitative estimate of drug-likeness (QED) is 0.165. The van der Waals surface area contributed by atoms with Crippen molar-refractivity contribution in [3.05, 3.63) is 65.2 Å². The van der Waals surface area contributed by atoms with Gasteiger partial charge in [-0.05, 0) is 42.0 Å². The van der Waals surface area contributed by atoms with E-state index >= 15 is 0 Å². The number of benzene rings is 2. The fourth-order valence-electron chi connectivity index (χ4n) is 3.76. The zero-order valence-electron chi connectivity index (χ0n) is 22.3. The first-order valence-electron chi connectivity index (χ1n) is 12.3. The van der Waals surface area contributed by atoms with E-state index in [0.29, 0.717) is 11.1 Å². The number of nitrogens with two attached hydrogens (primary N) is 1. The molecule has 43 heavy (non-hydrogen) atoms. The third-order valence-electron chi connectivity index (χ3n) is 5.82. The van der Waals surface area contributed by atoms with Gasteiger partial charge in [-0.15, -0.1) is 0 Å². The average Bonchev–Trinajstić information content (AvgIpc) is 2.94. The van der Waals surface area contributed by atoms with Crippen molar-refractivity contribution in [2.45, 2.75) is 22.5 Å². The van der Waals surface area contributed by atoms with Crippen molar-refractivity contribution in [2.75, 3.05) is 37.4 Å². The molecule has 2 aromatic heterocycles. The number of halogens is 4. The van der Waals surface area contributed by atoms with E-state index in [4.69, 9.17) is 21.5 Å². The second-order valence-electron chi connectivity index (χ2n) is 9.01. The summed E-state index contributed by atoms with van der Waals surface area (Å²) in [6, 6.07) is 12.9. The van der Waals surface area contributed by atoms with Crippen molar-refractivity contribution in [3.63, 3.8) is 0 Å². The van der Waals surface area contributed by atoms with Gasteiger partial charge in [-0.1, -0.05) is 29.8 Å². The average molecular weight is 660 g/mol. The van der Waals surface area contributed by atoms with Gasteiger partial charge < -0.3 is 15.4 Å². The third kappa shape index (κ3) is 8.49. The summed E-state index contributed by atoms with van der Waals surface area (Å²) < 4.78 is 95.0. The fraction of sp³-hybridized carbons (Fsp3) is 0.240. The number of rotatable bonds is 12. The Kier molecular flexibility index (Phi) is 9.73. The molecule has 0 spiro atoms. The number of sulfonamides is 2. The number of anilines is 2. The van der Waals surface area contributed by atoms with Crippen molar-refractivity contribution < 1.29 is 34.7 Å². The molecule has 230 valence electrons. The topological polar surface area (TPSA) is 178 Å². The Labute approximate surface area is 250 Å². The summed E-state index contributed by atoms with van der Waals surface area (Å²) in [6.07, 6.45) is -4.57. The summed E-state index contributed by atoms with van der Waals surface area (Å²) >= 11 is 6.16. The largest absolute Gasteiger partial charge is 0.405 e. The standard InChI is InChI=1S/C25H25ClF3N7O5S2/c1-41-11-10-33-43(39,40)21-12-16(4-7-18(21)26)19-8-9-20-22(34-19)23(32-14-25(27,28)29)36-24(35-20)31-13-15-2-5-17(6-3-15)42(30,37)38/h2-9,12,33H,10-11,13-14H2,1H3,(H2,30,37,38)(H2,31,32,35,36). The Hall–Kier alpha value is -3.61. The lowest BCUT2D eigenvalue weighted by Crippen LogP contribution is -2.27. The van der Waals surface area contributed by atoms with Crippen LogP contribution in [0.25, 0.3) is 22.3 Å². The molecule has 18 heteroatoms. The molecule has 12 nitrogen and oxygen atoms in total. The molecule has 0 saturated carbocycles. The molecule has 0 atom stereocenters. The highest BCUT2D eigenvalue weighted by Gasteiger charge is 2.28. The number of pyridine rings is 1. The molecule has 0 aliphatic heterocycles. The van der Waals surface area contributed by atoms with E-state index in [2.05, 4.69) is 30.3 Å². The molecule has 0 saturated heterocycles. The molecular weight excluding hydrogens is 635 g/mol. The summed E-state index contributed by atoms with van der Waals surface area (Å²) in [5.41, 5.74) is 1.37. The van der Waals surface area contributed by atoms with Crippen molar-refractivity contribution in [1.29, 1.82) is 0 Å². The van der Waals surface area contributed by atoms with Crippen LogP contribution >= 0.6 is 11.6 Å². The van der Waals surface area contributed by atoms with Crippen LogP contribution < -0.4 is 20.5 Å². The van der Waals surface area contributed by atoms with E-state index < -0.39 is 32.8 Å². The molecule has 4 aromatic rings. The van der Waals surface area contributed by atoms with Crippen LogP contribution in [0.15, 0.2) is 64.4 Å². The number of methoxy groups -OCH3 is 1. The predicted molar refractivity (Wildman–Crippen MR) is 155 cm³/mol. The fourth-order valence-corrected chi connectivity index (χ4v) is 5.82. The van der Waals surface area contributed by atoms with Gasteiger partial charge in [0.15, 0.2) is 5.82 Å². The number of aromatic nitrogens is 3. The van der Waals surface area contributed by atoms with E-state index in [1.807, 2.05) is 0 Å². The minimum Gasteiger partial charge on any atom is -0.383 e. The van der Waals surface area contributed by atoms with Gasteiger partial charge in [0.1, 0.15) is 17.0 Å². The zero-order chi connectivity index (χ0) is 31.4. The van der Waals surface area contributed by atoms with Crippen LogP contribution in [0.2, 0.25) is 5.02 Å². The van der Waals surface area contributed by atoms with Crippen LogP contribution in [0.5, 0.6) is 0 Å². The van der Waals surface area contributed by atoms with Gasteiger partial charge in [0.05, 0.1) is 27.7 Å². The number of hydrogen-bond acceptors (Lipinski definition) is 10. The van der Waals surface area contributed by atoms with Gasteiger partial charge in [0.2, 0.25) is 26.0 Å². The van der Waals surface area contributed by atoms with E-state index in [1.165, 1.54) is 61.7 Å². The molecule has 0 aliphatic carbocycles. The minimum absolute atomic E-state index is 0.00221. The van der Waals surface area contributed by atoms with E-state index in [1.54, 1.807) is 0 Å². The first kappa shape index (κ1) is 32.3. The maximum absolute atomic E-state index is 13.1. The van der Waals surface area contributed by atoms with Gasteiger partial charge in [0.25, 0.3) is 0 Å². The highest BCUT2D eigenvalue weighted by Crippen LogP contribution is 2.30. The molecule has 0 amide bonds. The molecule has 0 fully saturated rings. The van der Waals surface area contributed by atoms with Gasteiger partial charge in [-0.2, -0.15) is 18.2 Å². The van der Waals surface area contributed by atoms with Crippen molar-refractivity contribution in [3.8, 4) is 11.3 Å². The van der Waals surface area contributed by atoms with E-state index in [-0.39, 0.29) is 63.0 Å². The lowest BCUT2D eigenvalue weighted by Gasteiger charge is -2.14. The lowest BCUT2D eigenvalue weighted by molar-refractivity contribution is -0.115. The van der Waals surface area contributed by atoms with Crippen molar-refractivity contribution in [2.24, 2.45) is 5.14 Å². The molecular formula is C25H25ClF3N7O5S2. The molecule has 0 unspecified atom stereocenters. The van der Waals surface area contributed by atoms with Crippen LogP contribution in [-0.4, -0.2) is 64.8 Å². The Balaban J connectivity index is 1.68. The lowest BCUT2D eigenvalue weighted by atomic mass is 10.1. The summed E-state index contributed by atoms with van der Waals surface area (Å²) in [5, 5.41) is 10.2. The maximum atomic E-state index is 13.1. The number of primary sulfonamides is 1. The zero-order valence-corrected chi connectivity index (χ0v) is 24.7. The SMILES string of the molecule is COCCNS(=O)(=O)c1cc(-c2ccc3nc(NCc4ccc(S(N)(=O)=O)cc4)nc(NCC(F)(F)F)c3n2)ccc1Cl. The van der Waals surface area contributed by atoms with Gasteiger partial charge in [-0.25, -0.2) is 36.7 Å². The molecule has 0 aliphatic rings. The molecule has 0 radical (unpaired) electrons. The molecule has 5 N–H and O–H groups in total. The Bertz CT molecular complexity index is 1840. The Morgan fingerprint density at radius 2 is 1.67 bits per heavy atom. The highest BCUT2D eigenvalue weighted by molar-refractivity contribution is 7.89. The second kappa shape index (κ2) is 12.9. The summed E-state index contributed by atoms with van der Waals surface area (Å²) in [4.78, 5) is 12.7. The number of nitrogens with zero attached hydrogens (tertiary/aromatic N) is 3. The molecule has 0 bridgehead atoms. The van der Waals surface area contributed by atoms with Crippen molar-refractivity contribution >= 4 is 54.4 Å². The highest BCUT2D eigenvalue weighted by atomic mass is 35.5. The molecule has 2 aromatic carbocycles. The summed E-state index contributed by atoms with van der Waals surface area (Å²) in [7, 11) is -6.46. The minimum atomic E-state index is -4.57. The summed E-state index contributed by atoms with van der Waals surface area (Å²) in [5.74, 6) is -0.247. The number of nitrogens with one attached hydrogen (secondary N) is 3. The van der Waals surface area contributed by atoms with E-state index in [0.717, 1.165) is 0 Å². The number of ether oxygens (including phenoxy) is 1. The van der Waals surface area contributed by atoms with Crippen LogP contribution in [0, 0.1) is 0 Å². The Morgan fingerprint density at radius 1 is 0.953 bits per heavy atom. The maximum Gasteiger partial charge on any atom is 0.405 e. The first-order chi connectivity index (χ1) is 20.2. The molecule has 4 rings (SSSR count). The number of hydrogen-bond donors (Lipinski definition) is 4. The Morgan fingerprint density at radius 3 is 2.33 bits per heavy atom. The van der Waals surface area contributed by atoms with Crippen LogP contribution in [0.4, 0.5) is 24.9 Å². The predicted octanol–water partition coefficient (Wildman–Crippen LogP) is 3.50. The van der Waals surface area contributed by atoms with Gasteiger partial charge >= 0.3 is 6.18 Å². The number of fused-ring (bicyclic) bond motifs is 1. The normalized spacial score (nSPS) is 12.4. The van der Waals surface area contributed by atoms with Gasteiger partial charge in [0, 0.05) is 25.8 Å². The second-order valence-corrected chi connectivity index (χ2v) is 12.7. The van der Waals surface area contributed by atoms with Crippen molar-refractivity contribution in [1.82, 2.24) is 19.7 Å². The monoisotopic (exact) mass is 659 g/mol. The smallest absolute Gasteiger partial charge is 0.383 e. The van der Waals surface area contributed by atoms with Gasteiger partial charge in [-0.3, -0.25) is 0 Å². The molecule has 2 heterocycles. The third-order valence-corrected chi connectivity index (χ3v) is 8.69. The summed E-state index contributed by atoms with van der Waals surface area (Å²) in [6.45, 7) is -1.15. The van der Waals surface area contributed by atoms with E-state index in [9.17, 15) is 30.0 Å².